The standard InChI is InChI=1S/C14H12N4O2S/c1-2-12-16-17-14(21-12)15-13(19)10-8-11(20-18-10)9-6-4-3-5-7-9/h3-8H,2H2,1H3,(H,15,17,19). The van der Waals surface area contributed by atoms with Crippen LogP contribution >= 0.6 is 11.3 Å². The lowest BCUT2D eigenvalue weighted by molar-refractivity contribution is 0.101. The summed E-state index contributed by atoms with van der Waals surface area (Å²) in [5.41, 5.74) is 1.08. The Labute approximate surface area is 124 Å². The maximum absolute atomic E-state index is 12.1. The first kappa shape index (κ1) is 13.4. The van der Waals surface area contributed by atoms with Crippen molar-refractivity contribution in [2.45, 2.75) is 13.3 Å². The van der Waals surface area contributed by atoms with Crippen LogP contribution in [0.5, 0.6) is 0 Å². The van der Waals surface area contributed by atoms with Crippen molar-refractivity contribution in [2.24, 2.45) is 0 Å². The maximum atomic E-state index is 12.1. The molecule has 3 aromatic rings. The van der Waals surface area contributed by atoms with E-state index in [0.29, 0.717) is 10.9 Å². The Morgan fingerprint density at radius 1 is 1.29 bits per heavy atom. The number of benzene rings is 1. The van der Waals surface area contributed by atoms with Crippen LogP contribution in [0.2, 0.25) is 0 Å². The molecular formula is C14H12N4O2S. The first-order chi connectivity index (χ1) is 10.3. The zero-order chi connectivity index (χ0) is 14.7. The Bertz CT molecular complexity index is 751. The van der Waals surface area contributed by atoms with E-state index in [2.05, 4.69) is 20.7 Å². The van der Waals surface area contributed by atoms with E-state index in [1.165, 1.54) is 11.3 Å². The fourth-order valence-electron chi connectivity index (χ4n) is 1.73. The number of nitrogens with zero attached hydrogens (tertiary/aromatic N) is 3. The van der Waals surface area contributed by atoms with Crippen LogP contribution in [0.1, 0.15) is 22.4 Å². The van der Waals surface area contributed by atoms with E-state index >= 15 is 0 Å². The molecule has 0 aliphatic rings. The number of carbonyl (C=O) groups excluding carboxylic acids is 1. The van der Waals surface area contributed by atoms with Gasteiger partial charge in [0.1, 0.15) is 5.01 Å². The molecule has 106 valence electrons. The van der Waals surface area contributed by atoms with Crippen LogP contribution in [0, 0.1) is 0 Å². The largest absolute Gasteiger partial charge is 0.355 e. The van der Waals surface area contributed by atoms with E-state index in [1.807, 2.05) is 37.3 Å². The normalized spacial score (nSPS) is 10.5. The van der Waals surface area contributed by atoms with E-state index in [0.717, 1.165) is 17.0 Å². The first-order valence-corrected chi connectivity index (χ1v) is 7.24. The molecule has 0 bridgehead atoms. The summed E-state index contributed by atoms with van der Waals surface area (Å²) >= 11 is 1.35. The average molecular weight is 300 g/mol. The highest BCUT2D eigenvalue weighted by atomic mass is 32.1. The van der Waals surface area contributed by atoms with Gasteiger partial charge in [-0.1, -0.05) is 53.7 Å². The lowest BCUT2D eigenvalue weighted by Crippen LogP contribution is -2.11. The minimum atomic E-state index is -0.361. The highest BCUT2D eigenvalue weighted by Crippen LogP contribution is 2.21. The fourth-order valence-corrected chi connectivity index (χ4v) is 2.40. The van der Waals surface area contributed by atoms with Gasteiger partial charge in [-0.2, -0.15) is 0 Å². The molecule has 0 aliphatic heterocycles. The monoisotopic (exact) mass is 300 g/mol. The van der Waals surface area contributed by atoms with E-state index in [9.17, 15) is 4.79 Å². The average Bonchev–Trinajstić information content (AvgIpc) is 3.17. The first-order valence-electron chi connectivity index (χ1n) is 6.42. The Balaban J connectivity index is 1.75. The zero-order valence-electron chi connectivity index (χ0n) is 11.2. The number of nitrogens with one attached hydrogen (secondary N) is 1. The van der Waals surface area contributed by atoms with Crippen molar-refractivity contribution in [1.82, 2.24) is 15.4 Å². The van der Waals surface area contributed by atoms with Gasteiger partial charge in [0.15, 0.2) is 11.5 Å². The van der Waals surface area contributed by atoms with Gasteiger partial charge in [0.2, 0.25) is 5.13 Å². The third kappa shape index (κ3) is 2.97. The van der Waals surface area contributed by atoms with Gasteiger partial charge in [-0.25, -0.2) is 0 Å². The van der Waals surface area contributed by atoms with E-state index in [-0.39, 0.29) is 11.6 Å². The highest BCUT2D eigenvalue weighted by Gasteiger charge is 2.15. The third-order valence-corrected chi connectivity index (χ3v) is 3.77. The van der Waals surface area contributed by atoms with Gasteiger partial charge < -0.3 is 4.52 Å². The lowest BCUT2D eigenvalue weighted by Gasteiger charge is -1.94. The zero-order valence-corrected chi connectivity index (χ0v) is 12.1. The van der Waals surface area contributed by atoms with Crippen LogP contribution < -0.4 is 5.32 Å². The molecule has 0 atom stereocenters. The summed E-state index contributed by atoms with van der Waals surface area (Å²) in [6.45, 7) is 1.98. The quantitative estimate of drug-likeness (QED) is 0.801. The number of aromatic nitrogens is 3. The molecular weight excluding hydrogens is 288 g/mol. The summed E-state index contributed by atoms with van der Waals surface area (Å²) in [4.78, 5) is 12.1. The highest BCUT2D eigenvalue weighted by molar-refractivity contribution is 7.15. The third-order valence-electron chi connectivity index (χ3n) is 2.79. The molecule has 2 aromatic heterocycles. The molecule has 0 radical (unpaired) electrons. The summed E-state index contributed by atoms with van der Waals surface area (Å²) in [7, 11) is 0. The van der Waals surface area contributed by atoms with Crippen LogP contribution in [0.4, 0.5) is 5.13 Å². The van der Waals surface area contributed by atoms with Crippen molar-refractivity contribution in [1.29, 1.82) is 0 Å². The van der Waals surface area contributed by atoms with Crippen LogP contribution in [-0.2, 0) is 6.42 Å². The number of hydrogen-bond donors (Lipinski definition) is 1. The SMILES string of the molecule is CCc1nnc(NC(=O)c2cc(-c3ccccc3)on2)s1. The Morgan fingerprint density at radius 3 is 2.81 bits per heavy atom. The molecule has 3 rings (SSSR count). The summed E-state index contributed by atoms with van der Waals surface area (Å²) in [5, 5.41) is 15.6. The van der Waals surface area contributed by atoms with Crippen molar-refractivity contribution >= 4 is 22.4 Å². The molecule has 7 heteroatoms. The van der Waals surface area contributed by atoms with Gasteiger partial charge >= 0.3 is 0 Å². The molecule has 6 nitrogen and oxygen atoms in total. The second kappa shape index (κ2) is 5.84. The van der Waals surface area contributed by atoms with Gasteiger partial charge in [-0.05, 0) is 6.42 Å². The predicted molar refractivity (Wildman–Crippen MR) is 79.2 cm³/mol. The molecule has 1 aromatic carbocycles. The smallest absolute Gasteiger partial charge is 0.279 e. The van der Waals surface area contributed by atoms with Crippen molar-refractivity contribution in [3.8, 4) is 11.3 Å². The van der Waals surface area contributed by atoms with E-state index in [4.69, 9.17) is 4.52 Å². The van der Waals surface area contributed by atoms with Crippen LogP contribution in [-0.4, -0.2) is 21.3 Å². The summed E-state index contributed by atoms with van der Waals surface area (Å²) in [6, 6.07) is 11.1. The van der Waals surface area contributed by atoms with Gasteiger partial charge in [0.05, 0.1) is 0 Å². The lowest BCUT2D eigenvalue weighted by atomic mass is 10.1. The number of hydrogen-bond acceptors (Lipinski definition) is 6. The predicted octanol–water partition coefficient (Wildman–Crippen LogP) is 3.01. The van der Waals surface area contributed by atoms with Crippen molar-refractivity contribution in [3.63, 3.8) is 0 Å². The van der Waals surface area contributed by atoms with Gasteiger partial charge in [-0.15, -0.1) is 10.2 Å². The molecule has 1 amide bonds. The molecule has 0 spiro atoms. The molecule has 21 heavy (non-hydrogen) atoms. The minimum absolute atomic E-state index is 0.210. The summed E-state index contributed by atoms with van der Waals surface area (Å²) < 4.78 is 5.19. The maximum Gasteiger partial charge on any atom is 0.279 e. The topological polar surface area (TPSA) is 80.9 Å². The van der Waals surface area contributed by atoms with Crippen LogP contribution in [0.3, 0.4) is 0 Å². The van der Waals surface area contributed by atoms with Crippen molar-refractivity contribution in [3.05, 3.63) is 47.1 Å². The van der Waals surface area contributed by atoms with Crippen molar-refractivity contribution in [2.75, 3.05) is 5.32 Å². The minimum Gasteiger partial charge on any atom is -0.355 e. The number of anilines is 1. The molecule has 0 aliphatic carbocycles. The van der Waals surface area contributed by atoms with Gasteiger partial charge in [0.25, 0.3) is 5.91 Å². The van der Waals surface area contributed by atoms with Crippen molar-refractivity contribution < 1.29 is 9.32 Å². The van der Waals surface area contributed by atoms with Gasteiger partial charge in [-0.3, -0.25) is 10.1 Å². The second-order valence-corrected chi connectivity index (χ2v) is 5.31. The Morgan fingerprint density at radius 2 is 2.10 bits per heavy atom. The molecule has 0 unspecified atom stereocenters. The van der Waals surface area contributed by atoms with E-state index < -0.39 is 0 Å². The Kier molecular flexibility index (Phi) is 3.74. The molecule has 1 N–H and O–H groups in total. The second-order valence-electron chi connectivity index (χ2n) is 4.25. The van der Waals surface area contributed by atoms with Crippen LogP contribution in [0.25, 0.3) is 11.3 Å². The number of amides is 1. The van der Waals surface area contributed by atoms with Crippen LogP contribution in [0.15, 0.2) is 40.9 Å². The number of rotatable bonds is 4. The summed E-state index contributed by atoms with van der Waals surface area (Å²) in [6.07, 6.45) is 0.787. The molecule has 0 saturated heterocycles. The van der Waals surface area contributed by atoms with E-state index in [1.54, 1.807) is 6.07 Å². The Hall–Kier alpha value is -2.54. The molecule has 0 fully saturated rings. The fraction of sp³-hybridized carbons (Fsp3) is 0.143. The summed E-state index contributed by atoms with van der Waals surface area (Å²) in [5.74, 6) is 0.187. The number of carbonyl (C=O) groups is 1. The molecule has 2 heterocycles. The molecule has 0 saturated carbocycles. The van der Waals surface area contributed by atoms with Gasteiger partial charge in [0, 0.05) is 11.6 Å². The number of aryl methyl sites for hydroxylation is 1.